The Morgan fingerprint density at radius 2 is 2.21 bits per heavy atom. The number of hydrogen-bond donors (Lipinski definition) is 0. The zero-order valence-corrected chi connectivity index (χ0v) is 14.5. The summed E-state index contributed by atoms with van der Waals surface area (Å²) in [5.74, 6) is 1.90. The molecule has 1 aromatic rings. The minimum Gasteiger partial charge on any atom is -0.493 e. The van der Waals surface area contributed by atoms with E-state index in [1.807, 2.05) is 0 Å². The number of nitrogens with zero attached hydrogens (tertiary/aromatic N) is 1. The number of ketones is 1. The van der Waals surface area contributed by atoms with E-state index in [-0.39, 0.29) is 11.2 Å². The van der Waals surface area contributed by atoms with Crippen LogP contribution in [0.25, 0.3) is 0 Å². The summed E-state index contributed by atoms with van der Waals surface area (Å²) in [6.45, 7) is 4.82. The molecule has 0 aromatic heterocycles. The van der Waals surface area contributed by atoms with Crippen molar-refractivity contribution < 1.29 is 14.3 Å². The number of methoxy groups -OCH3 is 1. The number of hydrogen-bond acceptors (Lipinski definition) is 4. The second-order valence-corrected chi connectivity index (χ2v) is 7.14. The maximum Gasteiger partial charge on any atom is 0.161 e. The van der Waals surface area contributed by atoms with Gasteiger partial charge in [0.05, 0.1) is 13.7 Å². The van der Waals surface area contributed by atoms with E-state index in [0.717, 1.165) is 43.9 Å². The zero-order chi connectivity index (χ0) is 16.7. The summed E-state index contributed by atoms with van der Waals surface area (Å²) in [7, 11) is 1.70. The second-order valence-electron chi connectivity index (χ2n) is 7.14. The molecule has 0 amide bonds. The fraction of sp³-hybridized carbons (Fsp3) is 0.550. The van der Waals surface area contributed by atoms with Crippen LogP contribution < -0.4 is 9.47 Å². The lowest BCUT2D eigenvalue weighted by Crippen LogP contribution is -2.48. The first-order chi connectivity index (χ1) is 11.7. The first kappa shape index (κ1) is 15.7. The van der Waals surface area contributed by atoms with E-state index >= 15 is 0 Å². The number of rotatable bonds is 5. The van der Waals surface area contributed by atoms with Crippen LogP contribution in [0.3, 0.4) is 0 Å². The maximum atomic E-state index is 11.9. The van der Waals surface area contributed by atoms with Gasteiger partial charge in [-0.25, -0.2) is 0 Å². The molecule has 24 heavy (non-hydrogen) atoms. The highest BCUT2D eigenvalue weighted by Gasteiger charge is 2.53. The summed E-state index contributed by atoms with van der Waals surface area (Å²) < 4.78 is 11.6. The van der Waals surface area contributed by atoms with Crippen LogP contribution in [0.2, 0.25) is 0 Å². The van der Waals surface area contributed by atoms with Crippen molar-refractivity contribution in [2.45, 2.75) is 50.6 Å². The molecule has 0 saturated carbocycles. The van der Waals surface area contributed by atoms with E-state index in [9.17, 15) is 4.79 Å². The minimum atomic E-state index is -0.0311. The van der Waals surface area contributed by atoms with Gasteiger partial charge in [0.25, 0.3) is 0 Å². The summed E-state index contributed by atoms with van der Waals surface area (Å²) in [5.41, 5.74) is 2.61. The molecule has 0 radical (unpaired) electrons. The van der Waals surface area contributed by atoms with Crippen molar-refractivity contribution in [2.24, 2.45) is 0 Å². The summed E-state index contributed by atoms with van der Waals surface area (Å²) in [5, 5.41) is 0. The van der Waals surface area contributed by atoms with Gasteiger partial charge < -0.3 is 9.47 Å². The molecule has 3 atom stereocenters. The Balaban J connectivity index is 1.78. The van der Waals surface area contributed by atoms with Gasteiger partial charge in [0.2, 0.25) is 0 Å². The number of carbonyl (C=O) groups excluding carboxylic acids is 1. The van der Waals surface area contributed by atoms with Crippen LogP contribution in [0.15, 0.2) is 24.3 Å². The molecule has 1 aromatic carbocycles. The van der Waals surface area contributed by atoms with Gasteiger partial charge in [0.15, 0.2) is 17.3 Å². The van der Waals surface area contributed by atoms with Crippen LogP contribution in [0.1, 0.15) is 43.7 Å². The van der Waals surface area contributed by atoms with Gasteiger partial charge in [-0.05, 0) is 42.2 Å². The molecule has 3 aliphatic rings. The number of allylic oxidation sites excluding steroid dienone is 1. The van der Waals surface area contributed by atoms with Gasteiger partial charge in [-0.3, -0.25) is 9.69 Å². The topological polar surface area (TPSA) is 38.8 Å². The minimum absolute atomic E-state index is 0.0311. The smallest absolute Gasteiger partial charge is 0.161 e. The SMILES string of the molecule is CCCCOc1cc2c(cc1OC)CN1CCC23C=CC(=O)CC13. The fourth-order valence-corrected chi connectivity index (χ4v) is 4.56. The van der Waals surface area contributed by atoms with Crippen molar-refractivity contribution in [2.75, 3.05) is 20.3 Å². The van der Waals surface area contributed by atoms with E-state index in [2.05, 4.69) is 30.0 Å². The monoisotopic (exact) mass is 327 g/mol. The summed E-state index contributed by atoms with van der Waals surface area (Å²) in [6.07, 6.45) is 7.80. The Morgan fingerprint density at radius 1 is 1.33 bits per heavy atom. The highest BCUT2D eigenvalue weighted by molar-refractivity contribution is 5.92. The number of fused-ring (bicyclic) bond motifs is 1. The van der Waals surface area contributed by atoms with Crippen LogP contribution in [-0.2, 0) is 16.8 Å². The molecule has 0 spiro atoms. The van der Waals surface area contributed by atoms with Crippen LogP contribution in [-0.4, -0.2) is 37.0 Å². The van der Waals surface area contributed by atoms with Gasteiger partial charge in [0, 0.05) is 31.0 Å². The van der Waals surface area contributed by atoms with E-state index in [0.29, 0.717) is 19.1 Å². The van der Waals surface area contributed by atoms with Crippen molar-refractivity contribution in [3.05, 3.63) is 35.4 Å². The van der Waals surface area contributed by atoms with Crippen LogP contribution in [0.4, 0.5) is 0 Å². The average molecular weight is 327 g/mol. The summed E-state index contributed by atoms with van der Waals surface area (Å²) in [6, 6.07) is 4.62. The standard InChI is InChI=1S/C20H25NO3/c1-3-4-9-24-18-12-16-14(10-17(18)23-2)13-21-8-7-20(16)6-5-15(22)11-19(20)21/h5-6,10,12,19H,3-4,7-9,11,13H2,1-2H3. The van der Waals surface area contributed by atoms with Gasteiger partial charge in [-0.2, -0.15) is 0 Å². The normalized spacial score (nSPS) is 30.0. The van der Waals surface area contributed by atoms with E-state index in [4.69, 9.17) is 9.47 Å². The fourth-order valence-electron chi connectivity index (χ4n) is 4.56. The van der Waals surface area contributed by atoms with Crippen molar-refractivity contribution in [3.8, 4) is 11.5 Å². The lowest BCUT2D eigenvalue weighted by atomic mass is 9.67. The summed E-state index contributed by atoms with van der Waals surface area (Å²) >= 11 is 0. The number of carbonyl (C=O) groups is 1. The quantitative estimate of drug-likeness (QED) is 0.778. The molecule has 2 aliphatic heterocycles. The van der Waals surface area contributed by atoms with Gasteiger partial charge in [-0.1, -0.05) is 19.4 Å². The van der Waals surface area contributed by atoms with E-state index < -0.39 is 0 Å². The molecule has 1 aliphatic carbocycles. The third-order valence-electron chi connectivity index (χ3n) is 5.83. The van der Waals surface area contributed by atoms with Crippen molar-refractivity contribution >= 4 is 5.78 Å². The van der Waals surface area contributed by atoms with Gasteiger partial charge in [0.1, 0.15) is 0 Å². The summed E-state index contributed by atoms with van der Waals surface area (Å²) in [4.78, 5) is 14.4. The van der Waals surface area contributed by atoms with E-state index in [1.165, 1.54) is 11.1 Å². The average Bonchev–Trinajstić information content (AvgIpc) is 2.86. The molecular formula is C20H25NO3. The second kappa shape index (κ2) is 5.92. The highest BCUT2D eigenvalue weighted by atomic mass is 16.5. The van der Waals surface area contributed by atoms with Crippen LogP contribution in [0, 0.1) is 0 Å². The molecular weight excluding hydrogens is 302 g/mol. The molecule has 2 heterocycles. The Hall–Kier alpha value is -1.81. The Bertz CT molecular complexity index is 696. The predicted octanol–water partition coefficient (Wildman–Crippen LogP) is 3.23. The Morgan fingerprint density at radius 3 is 3.00 bits per heavy atom. The molecule has 128 valence electrons. The number of ether oxygens (including phenoxy) is 2. The first-order valence-corrected chi connectivity index (χ1v) is 8.98. The molecule has 3 unspecified atom stereocenters. The lowest BCUT2D eigenvalue weighted by molar-refractivity contribution is -0.116. The molecule has 0 N–H and O–H groups in total. The van der Waals surface area contributed by atoms with Crippen LogP contribution >= 0.6 is 0 Å². The zero-order valence-electron chi connectivity index (χ0n) is 14.5. The highest BCUT2D eigenvalue weighted by Crippen LogP contribution is 2.52. The lowest BCUT2D eigenvalue weighted by Gasteiger charge is -2.44. The molecule has 4 nitrogen and oxygen atoms in total. The van der Waals surface area contributed by atoms with Crippen molar-refractivity contribution in [3.63, 3.8) is 0 Å². The first-order valence-electron chi connectivity index (χ1n) is 8.98. The Kier molecular flexibility index (Phi) is 3.87. The molecule has 4 heteroatoms. The molecule has 2 bridgehead atoms. The van der Waals surface area contributed by atoms with Crippen LogP contribution in [0.5, 0.6) is 11.5 Å². The number of unbranched alkanes of at least 4 members (excludes halogenated alkanes) is 1. The Labute approximate surface area is 143 Å². The van der Waals surface area contributed by atoms with E-state index in [1.54, 1.807) is 13.2 Å². The van der Waals surface area contributed by atoms with Crippen molar-refractivity contribution in [1.29, 1.82) is 0 Å². The van der Waals surface area contributed by atoms with Gasteiger partial charge in [-0.15, -0.1) is 0 Å². The number of benzene rings is 1. The molecule has 1 fully saturated rings. The van der Waals surface area contributed by atoms with Crippen molar-refractivity contribution in [1.82, 2.24) is 4.90 Å². The largest absolute Gasteiger partial charge is 0.493 e. The molecule has 4 rings (SSSR count). The van der Waals surface area contributed by atoms with Gasteiger partial charge >= 0.3 is 0 Å². The third kappa shape index (κ3) is 2.27. The maximum absolute atomic E-state index is 11.9. The molecule has 1 saturated heterocycles. The third-order valence-corrected chi connectivity index (χ3v) is 5.83. The predicted molar refractivity (Wildman–Crippen MR) is 92.7 cm³/mol.